The average Bonchev–Trinajstić information content (AvgIpc) is 3.39. The lowest BCUT2D eigenvalue weighted by Gasteiger charge is -2.30. The third-order valence-electron chi connectivity index (χ3n) is 7.62. The number of carbonyl (C=O) groups is 1. The molecular weight excluding hydrogens is 536 g/mol. The Labute approximate surface area is 239 Å². The third kappa shape index (κ3) is 5.22. The van der Waals surface area contributed by atoms with Gasteiger partial charge in [0.15, 0.2) is 0 Å². The molecule has 0 unspecified atom stereocenters. The van der Waals surface area contributed by atoms with E-state index in [1.807, 2.05) is 49.3 Å². The number of hydrogen-bond donors (Lipinski definition) is 2. The van der Waals surface area contributed by atoms with E-state index in [-0.39, 0.29) is 22.9 Å². The minimum absolute atomic E-state index is 0.0109. The number of rotatable bonds is 7. The Kier molecular flexibility index (Phi) is 7.08. The van der Waals surface area contributed by atoms with E-state index in [4.69, 9.17) is 9.97 Å². The van der Waals surface area contributed by atoms with Crippen LogP contribution in [0.5, 0.6) is 0 Å². The fourth-order valence-corrected chi connectivity index (χ4v) is 6.92. The summed E-state index contributed by atoms with van der Waals surface area (Å²) in [6.07, 6.45) is 4.72. The molecule has 0 radical (unpaired) electrons. The molecule has 5 aromatic rings. The van der Waals surface area contributed by atoms with E-state index >= 15 is 0 Å². The number of nitrogens with zero attached hydrogens (tertiary/aromatic N) is 4. The second-order valence-corrected chi connectivity index (χ2v) is 12.4. The number of anilines is 2. The van der Waals surface area contributed by atoms with Crippen LogP contribution in [0.1, 0.15) is 36.0 Å². The predicted molar refractivity (Wildman–Crippen MR) is 162 cm³/mol. The van der Waals surface area contributed by atoms with Crippen LogP contribution in [0.15, 0.2) is 90.0 Å². The molecule has 1 aliphatic carbocycles. The second-order valence-electron chi connectivity index (χ2n) is 10.6. The second kappa shape index (κ2) is 10.9. The van der Waals surface area contributed by atoms with E-state index in [1.54, 1.807) is 48.5 Å². The maximum absolute atomic E-state index is 13.4. The van der Waals surface area contributed by atoms with Crippen molar-refractivity contribution in [3.63, 3.8) is 0 Å². The number of para-hydroxylation sites is 2. The Morgan fingerprint density at radius 3 is 2.20 bits per heavy atom. The van der Waals surface area contributed by atoms with Crippen molar-refractivity contribution in [2.24, 2.45) is 0 Å². The molecule has 1 aliphatic rings. The van der Waals surface area contributed by atoms with Crippen molar-refractivity contribution in [1.29, 1.82) is 0 Å². The fourth-order valence-electron chi connectivity index (χ4n) is 5.53. The van der Waals surface area contributed by atoms with Crippen LogP contribution in [0, 0.1) is 0 Å². The lowest BCUT2D eigenvalue weighted by molar-refractivity contribution is 0.0928. The molecule has 10 heteroatoms. The van der Waals surface area contributed by atoms with Crippen molar-refractivity contribution in [2.45, 2.75) is 42.7 Å². The molecule has 1 amide bonds. The highest BCUT2D eigenvalue weighted by molar-refractivity contribution is 7.90. The summed E-state index contributed by atoms with van der Waals surface area (Å²) in [4.78, 5) is 25.1. The molecule has 0 spiro atoms. The number of nitrogens with one attached hydrogen (secondary N) is 2. The standard InChI is InChI=1S/C31H32N6O3S/c1-36(2)29-25-13-6-8-14-27(25)34-31(35-29)33-22-18-16-21(17-19-22)32-30(38)26-20-37(28-15-9-7-12-24(26)28)41(39,40)23-10-4-3-5-11-23/h3-15,20-22H,16-19H2,1-2H3,(H,32,38)(H,33,34,35)/t21-,22+. The fraction of sp³-hybridized carbons (Fsp3) is 0.258. The molecule has 1 fully saturated rings. The maximum atomic E-state index is 13.4. The van der Waals surface area contributed by atoms with Gasteiger partial charge >= 0.3 is 0 Å². The van der Waals surface area contributed by atoms with Crippen molar-refractivity contribution in [1.82, 2.24) is 19.3 Å². The molecule has 0 aliphatic heterocycles. The number of aromatic nitrogens is 3. The van der Waals surface area contributed by atoms with Crippen molar-refractivity contribution in [3.8, 4) is 0 Å². The SMILES string of the molecule is CN(C)c1nc(N[C@H]2CC[C@@H](NC(=O)c3cn(S(=O)(=O)c4ccccc4)c4ccccc34)CC2)nc2ccccc12. The van der Waals surface area contributed by atoms with Gasteiger partial charge in [0, 0.05) is 43.1 Å². The molecular formula is C31H32N6O3S. The Hall–Kier alpha value is -4.44. The molecule has 2 N–H and O–H groups in total. The summed E-state index contributed by atoms with van der Waals surface area (Å²) in [5, 5.41) is 8.26. The van der Waals surface area contributed by atoms with Crippen LogP contribution in [-0.4, -0.2) is 54.4 Å². The lowest BCUT2D eigenvalue weighted by atomic mass is 9.91. The quantitative estimate of drug-likeness (QED) is 0.283. The zero-order valence-corrected chi connectivity index (χ0v) is 23.8. The van der Waals surface area contributed by atoms with E-state index in [0.717, 1.165) is 42.4 Å². The molecule has 0 bridgehead atoms. The van der Waals surface area contributed by atoms with Gasteiger partial charge in [-0.15, -0.1) is 0 Å². The number of hydrogen-bond acceptors (Lipinski definition) is 7. The van der Waals surface area contributed by atoms with Crippen LogP contribution in [0.2, 0.25) is 0 Å². The Balaban J connectivity index is 1.16. The van der Waals surface area contributed by atoms with Gasteiger partial charge in [0.05, 0.1) is 21.5 Å². The normalized spacial score (nSPS) is 17.4. The van der Waals surface area contributed by atoms with Crippen LogP contribution in [0.4, 0.5) is 11.8 Å². The first-order chi connectivity index (χ1) is 19.8. The minimum Gasteiger partial charge on any atom is -0.362 e. The summed E-state index contributed by atoms with van der Waals surface area (Å²) in [6.45, 7) is 0. The largest absolute Gasteiger partial charge is 0.362 e. The zero-order chi connectivity index (χ0) is 28.6. The summed E-state index contributed by atoms with van der Waals surface area (Å²) >= 11 is 0. The first-order valence-corrected chi connectivity index (χ1v) is 15.2. The molecule has 2 aromatic heterocycles. The summed E-state index contributed by atoms with van der Waals surface area (Å²) < 4.78 is 28.0. The highest BCUT2D eigenvalue weighted by Gasteiger charge is 2.27. The van der Waals surface area contributed by atoms with Gasteiger partial charge in [-0.05, 0) is 56.0 Å². The van der Waals surface area contributed by atoms with Gasteiger partial charge in [-0.25, -0.2) is 17.4 Å². The van der Waals surface area contributed by atoms with Crippen molar-refractivity contribution in [2.75, 3.05) is 24.3 Å². The lowest BCUT2D eigenvalue weighted by Crippen LogP contribution is -2.40. The molecule has 9 nitrogen and oxygen atoms in total. The molecule has 6 rings (SSSR count). The topological polar surface area (TPSA) is 109 Å². The van der Waals surface area contributed by atoms with Crippen molar-refractivity contribution >= 4 is 49.5 Å². The van der Waals surface area contributed by atoms with Crippen LogP contribution < -0.4 is 15.5 Å². The monoisotopic (exact) mass is 568 g/mol. The van der Waals surface area contributed by atoms with Gasteiger partial charge in [0.2, 0.25) is 5.95 Å². The molecule has 210 valence electrons. The van der Waals surface area contributed by atoms with Crippen LogP contribution in [-0.2, 0) is 10.0 Å². The maximum Gasteiger partial charge on any atom is 0.268 e. The van der Waals surface area contributed by atoms with Crippen LogP contribution in [0.3, 0.4) is 0 Å². The Morgan fingerprint density at radius 2 is 1.46 bits per heavy atom. The first kappa shape index (κ1) is 26.8. The average molecular weight is 569 g/mol. The van der Waals surface area contributed by atoms with Gasteiger partial charge < -0.3 is 15.5 Å². The summed E-state index contributed by atoms with van der Waals surface area (Å²) in [5.74, 6) is 1.20. The van der Waals surface area contributed by atoms with E-state index in [1.165, 1.54) is 10.2 Å². The highest BCUT2D eigenvalue weighted by atomic mass is 32.2. The number of fused-ring (bicyclic) bond motifs is 2. The number of carbonyl (C=O) groups excluding carboxylic acids is 1. The highest BCUT2D eigenvalue weighted by Crippen LogP contribution is 2.29. The summed E-state index contributed by atoms with van der Waals surface area (Å²) in [7, 11) is 0.0890. The van der Waals surface area contributed by atoms with Crippen LogP contribution in [0.25, 0.3) is 21.8 Å². The predicted octanol–water partition coefficient (Wildman–Crippen LogP) is 5.04. The molecule has 1 saturated carbocycles. The van der Waals surface area contributed by atoms with Gasteiger partial charge in [0.1, 0.15) is 5.82 Å². The third-order valence-corrected chi connectivity index (χ3v) is 9.31. The van der Waals surface area contributed by atoms with Gasteiger partial charge in [-0.3, -0.25) is 4.79 Å². The van der Waals surface area contributed by atoms with Gasteiger partial charge in [-0.2, -0.15) is 4.98 Å². The molecule has 41 heavy (non-hydrogen) atoms. The van der Waals surface area contributed by atoms with E-state index < -0.39 is 10.0 Å². The Bertz CT molecular complexity index is 1830. The number of benzene rings is 3. The molecule has 3 aromatic carbocycles. The van der Waals surface area contributed by atoms with E-state index in [0.29, 0.717) is 22.4 Å². The van der Waals surface area contributed by atoms with E-state index in [2.05, 4.69) is 10.6 Å². The Morgan fingerprint density at radius 1 is 0.829 bits per heavy atom. The van der Waals surface area contributed by atoms with Gasteiger partial charge in [0.25, 0.3) is 15.9 Å². The van der Waals surface area contributed by atoms with Crippen molar-refractivity contribution < 1.29 is 13.2 Å². The minimum atomic E-state index is -3.86. The zero-order valence-electron chi connectivity index (χ0n) is 23.0. The first-order valence-electron chi connectivity index (χ1n) is 13.7. The van der Waals surface area contributed by atoms with E-state index in [9.17, 15) is 13.2 Å². The number of amides is 1. The molecule has 0 atom stereocenters. The van der Waals surface area contributed by atoms with Crippen molar-refractivity contribution in [3.05, 3.63) is 90.6 Å². The van der Waals surface area contributed by atoms with Crippen LogP contribution >= 0.6 is 0 Å². The smallest absolute Gasteiger partial charge is 0.268 e. The summed E-state index contributed by atoms with van der Waals surface area (Å²) in [5.41, 5.74) is 1.71. The summed E-state index contributed by atoms with van der Waals surface area (Å²) in [6, 6.07) is 23.5. The van der Waals surface area contributed by atoms with Gasteiger partial charge in [-0.1, -0.05) is 48.5 Å². The molecule has 0 saturated heterocycles. The molecule has 2 heterocycles.